The summed E-state index contributed by atoms with van der Waals surface area (Å²) in [4.78, 5) is 4.39. The van der Waals surface area contributed by atoms with E-state index in [2.05, 4.69) is 15.6 Å². The topological polar surface area (TPSA) is 65.9 Å². The van der Waals surface area contributed by atoms with Crippen LogP contribution in [0, 0.1) is 5.92 Å². The third kappa shape index (κ3) is 7.48. The first-order chi connectivity index (χ1) is 7.63. The van der Waals surface area contributed by atoms with Crippen molar-refractivity contribution in [2.24, 2.45) is 10.9 Å². The fraction of sp³-hybridized carbons (Fsp3) is 0.909. The van der Waals surface area contributed by atoms with Crippen LogP contribution in [0.1, 0.15) is 20.8 Å². The molecule has 0 saturated carbocycles. The molecule has 0 rings (SSSR count). The molecular weight excluding hydrogens is 206 g/mol. The van der Waals surface area contributed by atoms with Gasteiger partial charge in [-0.2, -0.15) is 0 Å². The summed E-state index contributed by atoms with van der Waals surface area (Å²) in [5.41, 5.74) is 0. The van der Waals surface area contributed by atoms with E-state index in [0.29, 0.717) is 13.2 Å². The molecule has 16 heavy (non-hydrogen) atoms. The Hall–Kier alpha value is -0.810. The number of guanidine groups is 1. The van der Waals surface area contributed by atoms with Crippen molar-refractivity contribution in [2.45, 2.75) is 26.8 Å². The maximum Gasteiger partial charge on any atom is 0.191 e. The lowest BCUT2D eigenvalue weighted by molar-refractivity contribution is 0.179. The molecule has 0 saturated heterocycles. The van der Waals surface area contributed by atoms with Gasteiger partial charge in [-0.15, -0.1) is 0 Å². The predicted octanol–water partition coefficient (Wildman–Crippen LogP) is 0.205. The van der Waals surface area contributed by atoms with Gasteiger partial charge in [0.1, 0.15) is 0 Å². The van der Waals surface area contributed by atoms with Gasteiger partial charge in [-0.05, 0) is 19.8 Å². The number of aliphatic hydroxyl groups excluding tert-OH is 1. The summed E-state index contributed by atoms with van der Waals surface area (Å²) in [5.74, 6) is 0.959. The number of aliphatic hydroxyl groups is 1. The van der Waals surface area contributed by atoms with Crippen LogP contribution in [-0.4, -0.2) is 50.5 Å². The average Bonchev–Trinajstić information content (AvgIpc) is 2.26. The molecule has 0 aromatic carbocycles. The smallest absolute Gasteiger partial charge is 0.191 e. The van der Waals surface area contributed by atoms with Crippen LogP contribution in [0.4, 0.5) is 0 Å². The highest BCUT2D eigenvalue weighted by Crippen LogP contribution is 1.93. The number of nitrogens with zero attached hydrogens (tertiary/aromatic N) is 1. The van der Waals surface area contributed by atoms with E-state index in [4.69, 9.17) is 9.84 Å². The molecule has 0 aliphatic carbocycles. The highest BCUT2D eigenvalue weighted by atomic mass is 16.5. The molecule has 0 bridgehead atoms. The van der Waals surface area contributed by atoms with Crippen LogP contribution < -0.4 is 10.6 Å². The van der Waals surface area contributed by atoms with Crippen molar-refractivity contribution in [3.63, 3.8) is 0 Å². The third-order valence-electron chi connectivity index (χ3n) is 2.02. The lowest BCUT2D eigenvalue weighted by Gasteiger charge is -2.17. The first-order valence-corrected chi connectivity index (χ1v) is 5.78. The van der Waals surface area contributed by atoms with Gasteiger partial charge >= 0.3 is 0 Å². The van der Waals surface area contributed by atoms with E-state index >= 15 is 0 Å². The number of methoxy groups -OCH3 is 1. The van der Waals surface area contributed by atoms with Crippen molar-refractivity contribution >= 4 is 5.96 Å². The van der Waals surface area contributed by atoms with E-state index in [0.717, 1.165) is 12.5 Å². The van der Waals surface area contributed by atoms with Crippen LogP contribution in [0.2, 0.25) is 0 Å². The van der Waals surface area contributed by atoms with E-state index in [1.54, 1.807) is 7.11 Å². The molecule has 0 radical (unpaired) electrons. The van der Waals surface area contributed by atoms with Crippen molar-refractivity contribution < 1.29 is 9.84 Å². The summed E-state index contributed by atoms with van der Waals surface area (Å²) >= 11 is 0. The first-order valence-electron chi connectivity index (χ1n) is 5.78. The van der Waals surface area contributed by atoms with Crippen LogP contribution in [0.5, 0.6) is 0 Å². The summed E-state index contributed by atoms with van der Waals surface area (Å²) in [6.07, 6.45) is 0. The Balaban J connectivity index is 4.13. The molecule has 0 spiro atoms. The van der Waals surface area contributed by atoms with Gasteiger partial charge < -0.3 is 20.5 Å². The molecule has 2 atom stereocenters. The zero-order valence-corrected chi connectivity index (χ0v) is 10.8. The van der Waals surface area contributed by atoms with Gasteiger partial charge in [-0.1, -0.05) is 6.92 Å². The summed E-state index contributed by atoms with van der Waals surface area (Å²) in [5, 5.41) is 15.3. The number of hydrogen-bond donors (Lipinski definition) is 3. The van der Waals surface area contributed by atoms with E-state index in [-0.39, 0.29) is 18.6 Å². The molecule has 0 heterocycles. The molecule has 96 valence electrons. The Bertz CT molecular complexity index is 198. The number of nitrogens with one attached hydrogen (secondary N) is 2. The van der Waals surface area contributed by atoms with Crippen LogP contribution in [0.25, 0.3) is 0 Å². The Labute approximate surface area is 98.3 Å². The first kappa shape index (κ1) is 15.2. The van der Waals surface area contributed by atoms with E-state index < -0.39 is 0 Å². The van der Waals surface area contributed by atoms with Gasteiger partial charge in [0.2, 0.25) is 0 Å². The minimum absolute atomic E-state index is 0.163. The minimum atomic E-state index is 0.163. The van der Waals surface area contributed by atoms with Crippen molar-refractivity contribution in [2.75, 3.05) is 33.4 Å². The number of ether oxygens (including phenoxy) is 1. The maximum absolute atomic E-state index is 8.91. The fourth-order valence-corrected chi connectivity index (χ4v) is 1.15. The van der Waals surface area contributed by atoms with Gasteiger partial charge in [0.15, 0.2) is 5.96 Å². The SMILES string of the molecule is CCNC(=NCC(C)CO)NC(C)COC. The van der Waals surface area contributed by atoms with Crippen LogP contribution in [0.3, 0.4) is 0 Å². The standard InChI is InChI=1S/C11H25N3O2/c1-5-12-11(13-6-9(2)7-15)14-10(3)8-16-4/h9-10,15H,5-8H2,1-4H3,(H2,12,13,14). The van der Waals surface area contributed by atoms with Gasteiger partial charge in [-0.25, -0.2) is 0 Å². The molecule has 0 aromatic heterocycles. The van der Waals surface area contributed by atoms with Crippen LogP contribution in [0.15, 0.2) is 4.99 Å². The highest BCUT2D eigenvalue weighted by molar-refractivity contribution is 5.80. The van der Waals surface area contributed by atoms with Crippen LogP contribution in [-0.2, 0) is 4.74 Å². The Kier molecular flexibility index (Phi) is 8.94. The van der Waals surface area contributed by atoms with E-state index in [1.807, 2.05) is 20.8 Å². The normalized spacial score (nSPS) is 15.7. The molecule has 2 unspecified atom stereocenters. The Morgan fingerprint density at radius 1 is 1.44 bits per heavy atom. The second-order valence-electron chi connectivity index (χ2n) is 4.01. The summed E-state index contributed by atoms with van der Waals surface area (Å²) < 4.78 is 5.04. The predicted molar refractivity (Wildman–Crippen MR) is 66.7 cm³/mol. The highest BCUT2D eigenvalue weighted by Gasteiger charge is 2.05. The maximum atomic E-state index is 8.91. The lowest BCUT2D eigenvalue weighted by Crippen LogP contribution is -2.44. The largest absolute Gasteiger partial charge is 0.396 e. The van der Waals surface area contributed by atoms with Crippen molar-refractivity contribution in [1.29, 1.82) is 0 Å². The van der Waals surface area contributed by atoms with Gasteiger partial charge in [0.25, 0.3) is 0 Å². The Morgan fingerprint density at radius 2 is 2.12 bits per heavy atom. The van der Waals surface area contributed by atoms with E-state index in [9.17, 15) is 0 Å². The summed E-state index contributed by atoms with van der Waals surface area (Å²) in [6, 6.07) is 0.215. The average molecular weight is 231 g/mol. The zero-order valence-electron chi connectivity index (χ0n) is 10.8. The van der Waals surface area contributed by atoms with Crippen LogP contribution >= 0.6 is 0 Å². The number of hydrogen-bond acceptors (Lipinski definition) is 3. The quantitative estimate of drug-likeness (QED) is 0.433. The van der Waals surface area contributed by atoms with Gasteiger partial charge in [0, 0.05) is 32.8 Å². The Morgan fingerprint density at radius 3 is 2.62 bits per heavy atom. The van der Waals surface area contributed by atoms with Crippen molar-refractivity contribution in [3.05, 3.63) is 0 Å². The molecule has 0 aliphatic heterocycles. The number of aliphatic imine (C=N–C) groups is 1. The van der Waals surface area contributed by atoms with Gasteiger partial charge in [0.05, 0.1) is 6.61 Å². The summed E-state index contributed by atoms with van der Waals surface area (Å²) in [6.45, 7) is 8.26. The van der Waals surface area contributed by atoms with Crippen molar-refractivity contribution in [3.8, 4) is 0 Å². The molecule has 5 heteroatoms. The molecule has 0 fully saturated rings. The molecule has 5 nitrogen and oxygen atoms in total. The second-order valence-corrected chi connectivity index (χ2v) is 4.01. The molecule has 3 N–H and O–H groups in total. The molecule has 0 amide bonds. The minimum Gasteiger partial charge on any atom is -0.396 e. The van der Waals surface area contributed by atoms with Crippen molar-refractivity contribution in [1.82, 2.24) is 10.6 Å². The molecular formula is C11H25N3O2. The second kappa shape index (κ2) is 9.42. The third-order valence-corrected chi connectivity index (χ3v) is 2.02. The molecule has 0 aromatic rings. The van der Waals surface area contributed by atoms with E-state index in [1.165, 1.54) is 0 Å². The molecule has 0 aliphatic rings. The number of rotatable bonds is 7. The fourth-order valence-electron chi connectivity index (χ4n) is 1.15. The lowest BCUT2D eigenvalue weighted by atomic mass is 10.2. The zero-order chi connectivity index (χ0) is 12.4. The van der Waals surface area contributed by atoms with Gasteiger partial charge in [-0.3, -0.25) is 4.99 Å². The summed E-state index contributed by atoms with van der Waals surface area (Å²) in [7, 11) is 1.68. The monoisotopic (exact) mass is 231 g/mol.